The first-order valence-electron chi connectivity index (χ1n) is 9.43. The molecule has 0 aliphatic carbocycles. The molecule has 0 radical (unpaired) electrons. The van der Waals surface area contributed by atoms with E-state index < -0.39 is 0 Å². The van der Waals surface area contributed by atoms with Crippen LogP contribution in [0, 0.1) is 0 Å². The molecular weight excluding hydrogens is 330 g/mol. The van der Waals surface area contributed by atoms with Crippen molar-refractivity contribution in [1.29, 1.82) is 0 Å². The predicted molar refractivity (Wildman–Crippen MR) is 101 cm³/mol. The molecular formula is C20H32N3O3+. The van der Waals surface area contributed by atoms with Gasteiger partial charge in [0.1, 0.15) is 13.1 Å². The molecule has 1 aromatic rings. The fraction of sp³-hybridized carbons (Fsp3) is 0.600. The van der Waals surface area contributed by atoms with Crippen molar-refractivity contribution in [3.63, 3.8) is 0 Å². The van der Waals surface area contributed by atoms with Crippen molar-refractivity contribution in [1.82, 2.24) is 10.6 Å². The van der Waals surface area contributed by atoms with Crippen LogP contribution in [0.2, 0.25) is 0 Å². The maximum absolute atomic E-state index is 12.1. The van der Waals surface area contributed by atoms with E-state index in [0.717, 1.165) is 32.8 Å². The molecule has 1 saturated heterocycles. The molecule has 1 aromatic carbocycles. The van der Waals surface area contributed by atoms with E-state index in [9.17, 15) is 9.59 Å². The summed E-state index contributed by atoms with van der Waals surface area (Å²) in [7, 11) is 0. The van der Waals surface area contributed by atoms with Crippen LogP contribution in [0.4, 0.5) is 0 Å². The molecule has 6 nitrogen and oxygen atoms in total. The van der Waals surface area contributed by atoms with Gasteiger partial charge in [-0.05, 0) is 23.1 Å². The molecule has 144 valence electrons. The highest BCUT2D eigenvalue weighted by molar-refractivity contribution is 5.94. The SMILES string of the molecule is CC(C)(C)c1ccc(C(=O)NCCC(=O)NCC[NH+]2CCOCC2)cc1. The lowest BCUT2D eigenvalue weighted by molar-refractivity contribution is -0.906. The minimum absolute atomic E-state index is 0.0268. The average molecular weight is 362 g/mol. The molecule has 0 unspecified atom stereocenters. The van der Waals surface area contributed by atoms with E-state index >= 15 is 0 Å². The van der Waals surface area contributed by atoms with Gasteiger partial charge in [-0.2, -0.15) is 0 Å². The molecule has 6 heteroatoms. The summed E-state index contributed by atoms with van der Waals surface area (Å²) >= 11 is 0. The zero-order valence-corrected chi connectivity index (χ0v) is 16.2. The van der Waals surface area contributed by atoms with Crippen molar-refractivity contribution >= 4 is 11.8 Å². The van der Waals surface area contributed by atoms with Gasteiger partial charge in [0.25, 0.3) is 5.91 Å². The van der Waals surface area contributed by atoms with Gasteiger partial charge in [0.15, 0.2) is 0 Å². The smallest absolute Gasteiger partial charge is 0.251 e. The van der Waals surface area contributed by atoms with Gasteiger partial charge < -0.3 is 20.3 Å². The van der Waals surface area contributed by atoms with Crippen LogP contribution in [-0.2, 0) is 14.9 Å². The summed E-state index contributed by atoms with van der Waals surface area (Å²) < 4.78 is 5.31. The summed E-state index contributed by atoms with van der Waals surface area (Å²) in [4.78, 5) is 25.5. The van der Waals surface area contributed by atoms with Gasteiger partial charge in [-0.1, -0.05) is 32.9 Å². The Bertz CT molecular complexity index is 587. The van der Waals surface area contributed by atoms with Crippen LogP contribution in [0.3, 0.4) is 0 Å². The molecule has 1 heterocycles. The minimum Gasteiger partial charge on any atom is -0.370 e. The van der Waals surface area contributed by atoms with Gasteiger partial charge >= 0.3 is 0 Å². The zero-order chi connectivity index (χ0) is 19.0. The number of carbonyl (C=O) groups excluding carboxylic acids is 2. The van der Waals surface area contributed by atoms with E-state index in [2.05, 4.69) is 31.4 Å². The van der Waals surface area contributed by atoms with Gasteiger partial charge in [-0.25, -0.2) is 0 Å². The lowest BCUT2D eigenvalue weighted by Crippen LogP contribution is -3.14. The van der Waals surface area contributed by atoms with Gasteiger partial charge in [0.05, 0.1) is 26.3 Å². The monoisotopic (exact) mass is 362 g/mol. The summed E-state index contributed by atoms with van der Waals surface area (Å²) in [6.07, 6.45) is 0.296. The number of rotatable bonds is 7. The van der Waals surface area contributed by atoms with Crippen molar-refractivity contribution in [3.05, 3.63) is 35.4 Å². The van der Waals surface area contributed by atoms with Crippen molar-refractivity contribution in [3.8, 4) is 0 Å². The van der Waals surface area contributed by atoms with Crippen LogP contribution >= 0.6 is 0 Å². The fourth-order valence-electron chi connectivity index (χ4n) is 2.89. The standard InChI is InChI=1S/C20H31N3O3/c1-20(2,3)17-6-4-16(5-7-17)19(25)22-9-8-18(24)21-10-11-23-12-14-26-15-13-23/h4-7H,8-15H2,1-3H3,(H,21,24)(H,22,25)/p+1. The first-order valence-corrected chi connectivity index (χ1v) is 9.43. The second-order valence-corrected chi connectivity index (χ2v) is 7.80. The maximum atomic E-state index is 12.1. The Balaban J connectivity index is 1.63. The van der Waals surface area contributed by atoms with E-state index in [1.807, 2.05) is 24.3 Å². The number of hydrogen-bond acceptors (Lipinski definition) is 3. The molecule has 1 aliphatic rings. The zero-order valence-electron chi connectivity index (χ0n) is 16.2. The Labute approximate surface area is 156 Å². The minimum atomic E-state index is -0.143. The van der Waals surface area contributed by atoms with E-state index in [1.165, 1.54) is 10.5 Å². The van der Waals surface area contributed by atoms with Gasteiger partial charge in [-0.3, -0.25) is 9.59 Å². The van der Waals surface area contributed by atoms with Crippen molar-refractivity contribution in [2.45, 2.75) is 32.6 Å². The van der Waals surface area contributed by atoms with Gasteiger partial charge in [0, 0.05) is 18.5 Å². The number of ether oxygens (including phenoxy) is 1. The number of morpholine rings is 1. The quantitative estimate of drug-likeness (QED) is 0.646. The first-order chi connectivity index (χ1) is 12.4. The number of amides is 2. The van der Waals surface area contributed by atoms with Crippen LogP contribution in [-0.4, -0.2) is 57.8 Å². The first kappa shape index (κ1) is 20.4. The van der Waals surface area contributed by atoms with Crippen LogP contribution in [0.1, 0.15) is 43.1 Å². The fourth-order valence-corrected chi connectivity index (χ4v) is 2.89. The molecule has 0 spiro atoms. The van der Waals surface area contributed by atoms with Crippen LogP contribution in [0.15, 0.2) is 24.3 Å². The average Bonchev–Trinajstić information content (AvgIpc) is 2.62. The predicted octanol–water partition coefficient (Wildman–Crippen LogP) is 0.135. The molecule has 26 heavy (non-hydrogen) atoms. The highest BCUT2D eigenvalue weighted by atomic mass is 16.5. The number of hydrogen-bond donors (Lipinski definition) is 3. The molecule has 0 atom stereocenters. The highest BCUT2D eigenvalue weighted by Gasteiger charge is 2.15. The lowest BCUT2D eigenvalue weighted by Gasteiger charge is -2.23. The van der Waals surface area contributed by atoms with Crippen molar-refractivity contribution in [2.24, 2.45) is 0 Å². The number of nitrogens with one attached hydrogen (secondary N) is 3. The van der Waals surface area contributed by atoms with E-state index in [1.54, 1.807) is 0 Å². The molecule has 0 bridgehead atoms. The van der Waals surface area contributed by atoms with E-state index in [0.29, 0.717) is 25.1 Å². The second-order valence-electron chi connectivity index (χ2n) is 7.80. The van der Waals surface area contributed by atoms with Crippen LogP contribution in [0.5, 0.6) is 0 Å². The summed E-state index contributed by atoms with van der Waals surface area (Å²) in [5.74, 6) is -0.169. The van der Waals surface area contributed by atoms with Crippen LogP contribution in [0.25, 0.3) is 0 Å². The Morgan fingerprint density at radius 1 is 1.04 bits per heavy atom. The third-order valence-electron chi connectivity index (χ3n) is 4.65. The largest absolute Gasteiger partial charge is 0.370 e. The lowest BCUT2D eigenvalue weighted by atomic mass is 9.87. The van der Waals surface area contributed by atoms with Gasteiger partial charge in [-0.15, -0.1) is 0 Å². The molecule has 1 aliphatic heterocycles. The Morgan fingerprint density at radius 2 is 1.69 bits per heavy atom. The Hall–Kier alpha value is -1.92. The van der Waals surface area contributed by atoms with Crippen molar-refractivity contribution in [2.75, 3.05) is 45.9 Å². The summed E-state index contributed by atoms with van der Waals surface area (Å²) in [5.41, 5.74) is 1.88. The Kier molecular flexibility index (Phi) is 7.60. The number of carbonyl (C=O) groups is 2. The molecule has 0 saturated carbocycles. The molecule has 1 fully saturated rings. The van der Waals surface area contributed by atoms with E-state index in [4.69, 9.17) is 4.74 Å². The number of quaternary nitrogens is 1. The maximum Gasteiger partial charge on any atom is 0.251 e. The topological polar surface area (TPSA) is 71.9 Å². The molecule has 2 amide bonds. The third-order valence-corrected chi connectivity index (χ3v) is 4.65. The molecule has 0 aromatic heterocycles. The summed E-state index contributed by atoms with van der Waals surface area (Å²) in [6, 6.07) is 7.63. The third kappa shape index (κ3) is 6.77. The van der Waals surface area contributed by atoms with Gasteiger partial charge in [0.2, 0.25) is 5.91 Å². The molecule has 2 rings (SSSR count). The highest BCUT2D eigenvalue weighted by Crippen LogP contribution is 2.22. The van der Waals surface area contributed by atoms with E-state index in [-0.39, 0.29) is 17.2 Å². The van der Waals surface area contributed by atoms with Crippen molar-refractivity contribution < 1.29 is 19.2 Å². The second kappa shape index (κ2) is 9.69. The van der Waals surface area contributed by atoms with Crippen LogP contribution < -0.4 is 15.5 Å². The summed E-state index contributed by atoms with van der Waals surface area (Å²) in [5, 5.41) is 5.72. The summed E-state index contributed by atoms with van der Waals surface area (Å²) in [6.45, 7) is 11.9. The number of benzene rings is 1. The Morgan fingerprint density at radius 3 is 2.31 bits per heavy atom. The normalized spacial score (nSPS) is 15.5. The molecule has 3 N–H and O–H groups in total.